The lowest BCUT2D eigenvalue weighted by Crippen LogP contribution is -2.39. The number of hydrogen-bond acceptors (Lipinski definition) is 2. The Kier molecular flexibility index (Phi) is 6.06. The molecule has 0 aliphatic carbocycles. The second-order valence-corrected chi connectivity index (χ2v) is 6.32. The highest BCUT2D eigenvalue weighted by atomic mass is 15.2. The molecule has 0 bridgehead atoms. The highest BCUT2D eigenvalue weighted by molar-refractivity contribution is 5.27. The lowest BCUT2D eigenvalue weighted by atomic mass is 9.92. The van der Waals surface area contributed by atoms with E-state index in [1.807, 2.05) is 0 Å². The van der Waals surface area contributed by atoms with E-state index < -0.39 is 0 Å². The Labute approximate surface area is 124 Å². The van der Waals surface area contributed by atoms with E-state index in [-0.39, 0.29) is 0 Å². The first-order valence-electron chi connectivity index (χ1n) is 8.22. The quantitative estimate of drug-likeness (QED) is 0.799. The Morgan fingerprint density at radius 1 is 1.20 bits per heavy atom. The number of rotatable bonds is 6. The zero-order chi connectivity index (χ0) is 14.4. The van der Waals surface area contributed by atoms with Gasteiger partial charge < -0.3 is 5.32 Å². The molecular formula is C18H30N2. The third-order valence-corrected chi connectivity index (χ3v) is 4.59. The van der Waals surface area contributed by atoms with Crippen LogP contribution in [-0.2, 0) is 13.0 Å². The van der Waals surface area contributed by atoms with Crippen molar-refractivity contribution in [3.63, 3.8) is 0 Å². The van der Waals surface area contributed by atoms with Crippen molar-refractivity contribution in [3.05, 3.63) is 35.4 Å². The van der Waals surface area contributed by atoms with Crippen molar-refractivity contribution in [2.75, 3.05) is 19.6 Å². The van der Waals surface area contributed by atoms with Crippen molar-refractivity contribution in [2.45, 2.75) is 52.6 Å². The molecule has 0 radical (unpaired) electrons. The number of benzene rings is 1. The maximum Gasteiger partial charge on any atom is 0.0239 e. The lowest BCUT2D eigenvalue weighted by Gasteiger charge is -2.37. The van der Waals surface area contributed by atoms with E-state index in [0.717, 1.165) is 38.0 Å². The molecule has 1 aromatic rings. The Balaban J connectivity index is 1.97. The zero-order valence-electron chi connectivity index (χ0n) is 13.4. The molecule has 2 nitrogen and oxygen atoms in total. The van der Waals surface area contributed by atoms with Crippen LogP contribution in [0, 0.1) is 5.92 Å². The molecule has 1 aromatic carbocycles. The summed E-state index contributed by atoms with van der Waals surface area (Å²) in [5.74, 6) is 0.894. The molecule has 1 fully saturated rings. The number of piperidine rings is 1. The molecule has 1 aliphatic heterocycles. The number of likely N-dealkylation sites (N-methyl/N-ethyl adjacent to an activating group) is 1. The number of nitrogens with one attached hydrogen (secondary N) is 1. The van der Waals surface area contributed by atoms with E-state index >= 15 is 0 Å². The average molecular weight is 274 g/mol. The summed E-state index contributed by atoms with van der Waals surface area (Å²) < 4.78 is 0. The molecule has 112 valence electrons. The van der Waals surface area contributed by atoms with Gasteiger partial charge in [0.1, 0.15) is 0 Å². The second-order valence-electron chi connectivity index (χ2n) is 6.32. The Bertz CT molecular complexity index is 402. The summed E-state index contributed by atoms with van der Waals surface area (Å²) in [6.45, 7) is 11.5. The van der Waals surface area contributed by atoms with Crippen LogP contribution in [0.5, 0.6) is 0 Å². The molecule has 0 aromatic heterocycles. The monoisotopic (exact) mass is 274 g/mol. The molecule has 0 amide bonds. The molecule has 2 heteroatoms. The molecule has 1 saturated heterocycles. The minimum atomic E-state index is 0.723. The smallest absolute Gasteiger partial charge is 0.0239 e. The molecule has 1 heterocycles. The van der Waals surface area contributed by atoms with E-state index in [2.05, 4.69) is 55.3 Å². The summed E-state index contributed by atoms with van der Waals surface area (Å²) in [7, 11) is 0. The lowest BCUT2D eigenvalue weighted by molar-refractivity contribution is 0.122. The van der Waals surface area contributed by atoms with Crippen LogP contribution in [0.4, 0.5) is 0 Å². The largest absolute Gasteiger partial charge is 0.317 e. The average Bonchev–Trinajstić information content (AvgIpc) is 2.44. The van der Waals surface area contributed by atoms with Crippen molar-refractivity contribution in [3.8, 4) is 0 Å². The van der Waals surface area contributed by atoms with Crippen LogP contribution in [0.1, 0.15) is 44.7 Å². The summed E-state index contributed by atoms with van der Waals surface area (Å²) in [4.78, 5) is 2.66. The van der Waals surface area contributed by atoms with E-state index in [1.54, 1.807) is 0 Å². The van der Waals surface area contributed by atoms with Crippen LogP contribution in [0.25, 0.3) is 0 Å². The van der Waals surface area contributed by atoms with Crippen molar-refractivity contribution in [1.29, 1.82) is 0 Å². The summed E-state index contributed by atoms with van der Waals surface area (Å²) in [5, 5.41) is 3.43. The summed E-state index contributed by atoms with van der Waals surface area (Å²) in [6.07, 6.45) is 3.84. The van der Waals surface area contributed by atoms with Crippen molar-refractivity contribution >= 4 is 0 Å². The van der Waals surface area contributed by atoms with E-state index in [1.165, 1.54) is 30.5 Å². The fraction of sp³-hybridized carbons (Fsp3) is 0.667. The molecule has 1 aliphatic rings. The predicted octanol–water partition coefficient (Wildman–Crippen LogP) is 3.46. The SMILES string of the molecule is CCNCCc1ccccc1CN1CCC(C)CC1C. The Hall–Kier alpha value is -0.860. The fourth-order valence-corrected chi connectivity index (χ4v) is 3.26. The third-order valence-electron chi connectivity index (χ3n) is 4.59. The standard InChI is InChI=1S/C18H30N2/c1-4-19-11-9-17-7-5-6-8-18(17)14-20-12-10-15(2)13-16(20)3/h5-8,15-16,19H,4,9-14H2,1-3H3. The van der Waals surface area contributed by atoms with Crippen LogP contribution < -0.4 is 5.32 Å². The van der Waals surface area contributed by atoms with Gasteiger partial charge in [-0.3, -0.25) is 4.90 Å². The minimum Gasteiger partial charge on any atom is -0.317 e. The molecule has 20 heavy (non-hydrogen) atoms. The molecule has 0 spiro atoms. The van der Waals surface area contributed by atoms with Gasteiger partial charge in [0.25, 0.3) is 0 Å². The van der Waals surface area contributed by atoms with E-state index in [4.69, 9.17) is 0 Å². The third kappa shape index (κ3) is 4.32. The van der Waals surface area contributed by atoms with Gasteiger partial charge in [-0.2, -0.15) is 0 Å². The van der Waals surface area contributed by atoms with Crippen molar-refractivity contribution in [1.82, 2.24) is 10.2 Å². The van der Waals surface area contributed by atoms with Gasteiger partial charge in [0.2, 0.25) is 0 Å². The van der Waals surface area contributed by atoms with Crippen LogP contribution in [0.2, 0.25) is 0 Å². The van der Waals surface area contributed by atoms with Crippen molar-refractivity contribution in [2.24, 2.45) is 5.92 Å². The highest BCUT2D eigenvalue weighted by Gasteiger charge is 2.23. The summed E-state index contributed by atoms with van der Waals surface area (Å²) >= 11 is 0. The molecule has 2 rings (SSSR count). The molecule has 1 N–H and O–H groups in total. The first-order chi connectivity index (χ1) is 9.70. The van der Waals surface area contributed by atoms with Crippen LogP contribution in [0.3, 0.4) is 0 Å². The number of hydrogen-bond donors (Lipinski definition) is 1. The Morgan fingerprint density at radius 3 is 2.65 bits per heavy atom. The zero-order valence-corrected chi connectivity index (χ0v) is 13.4. The normalized spacial score (nSPS) is 23.9. The van der Waals surface area contributed by atoms with Gasteiger partial charge in [-0.05, 0) is 62.9 Å². The van der Waals surface area contributed by atoms with E-state index in [9.17, 15) is 0 Å². The first kappa shape index (κ1) is 15.5. The summed E-state index contributed by atoms with van der Waals surface area (Å²) in [6, 6.07) is 9.69. The van der Waals surface area contributed by atoms with Gasteiger partial charge in [-0.1, -0.05) is 38.1 Å². The summed E-state index contributed by atoms with van der Waals surface area (Å²) in [5.41, 5.74) is 3.03. The maximum absolute atomic E-state index is 3.43. The number of nitrogens with zero attached hydrogens (tertiary/aromatic N) is 1. The van der Waals surface area contributed by atoms with E-state index in [0.29, 0.717) is 0 Å². The first-order valence-corrected chi connectivity index (χ1v) is 8.22. The van der Waals surface area contributed by atoms with Gasteiger partial charge in [0.05, 0.1) is 0 Å². The topological polar surface area (TPSA) is 15.3 Å². The van der Waals surface area contributed by atoms with Crippen LogP contribution in [0.15, 0.2) is 24.3 Å². The van der Waals surface area contributed by atoms with Gasteiger partial charge in [0.15, 0.2) is 0 Å². The predicted molar refractivity (Wildman–Crippen MR) is 87.0 cm³/mol. The van der Waals surface area contributed by atoms with Crippen molar-refractivity contribution < 1.29 is 0 Å². The molecule has 2 atom stereocenters. The van der Waals surface area contributed by atoms with Gasteiger partial charge >= 0.3 is 0 Å². The van der Waals surface area contributed by atoms with Crippen LogP contribution in [-0.4, -0.2) is 30.6 Å². The van der Waals surface area contributed by atoms with Gasteiger partial charge in [-0.15, -0.1) is 0 Å². The van der Waals surface area contributed by atoms with Crippen LogP contribution >= 0.6 is 0 Å². The van der Waals surface area contributed by atoms with Gasteiger partial charge in [0, 0.05) is 12.6 Å². The maximum atomic E-state index is 3.43. The second kappa shape index (κ2) is 7.80. The fourth-order valence-electron chi connectivity index (χ4n) is 3.26. The molecular weight excluding hydrogens is 244 g/mol. The Morgan fingerprint density at radius 2 is 1.95 bits per heavy atom. The van der Waals surface area contributed by atoms with Gasteiger partial charge in [-0.25, -0.2) is 0 Å². The number of likely N-dealkylation sites (tertiary alicyclic amines) is 1. The highest BCUT2D eigenvalue weighted by Crippen LogP contribution is 2.24. The molecule has 2 unspecified atom stereocenters. The minimum absolute atomic E-state index is 0.723. The molecule has 0 saturated carbocycles.